The van der Waals surface area contributed by atoms with Gasteiger partial charge in [-0.3, -0.25) is 0 Å². The van der Waals surface area contributed by atoms with Crippen molar-refractivity contribution >= 4 is 60.0 Å². The fraction of sp³-hybridized carbons (Fsp3) is 0.364. The molecule has 2 aliphatic heterocycles. The van der Waals surface area contributed by atoms with E-state index in [0.717, 1.165) is 21.8 Å². The first-order valence-electron chi connectivity index (χ1n) is 10.6. The number of methoxy groups -OCH3 is 1. The summed E-state index contributed by atoms with van der Waals surface area (Å²) in [5.74, 6) is 1.53. The van der Waals surface area contributed by atoms with Gasteiger partial charge in [-0.25, -0.2) is 23.1 Å². The molecular weight excluding hydrogens is 564 g/mol. The minimum atomic E-state index is -3.39. The van der Waals surface area contributed by atoms with E-state index in [-0.39, 0.29) is 13.2 Å². The predicted molar refractivity (Wildman–Crippen MR) is 134 cm³/mol. The van der Waals surface area contributed by atoms with Crippen molar-refractivity contribution in [2.75, 3.05) is 31.9 Å². The summed E-state index contributed by atoms with van der Waals surface area (Å²) in [6.07, 6.45) is 1.27. The number of benzene rings is 2. The number of anilines is 2. The van der Waals surface area contributed by atoms with Gasteiger partial charge in [0.15, 0.2) is 17.6 Å². The van der Waals surface area contributed by atoms with Crippen LogP contribution in [0.15, 0.2) is 41.1 Å². The molecule has 186 valence electrons. The van der Waals surface area contributed by atoms with Gasteiger partial charge in [0.2, 0.25) is 10.0 Å². The molecule has 0 spiro atoms. The number of aromatic nitrogens is 2. The van der Waals surface area contributed by atoms with Gasteiger partial charge in [0.25, 0.3) is 0 Å². The van der Waals surface area contributed by atoms with Crippen LogP contribution in [-0.2, 0) is 19.5 Å². The molecule has 3 aromatic rings. The number of nitrogens with one attached hydrogen (secondary N) is 2. The van der Waals surface area contributed by atoms with Crippen molar-refractivity contribution in [3.63, 3.8) is 0 Å². The molecule has 2 saturated heterocycles. The van der Waals surface area contributed by atoms with Crippen molar-refractivity contribution in [2.45, 2.75) is 24.4 Å². The molecule has 2 fully saturated rings. The number of hydrogen-bond acceptors (Lipinski definition) is 9. The average Bonchev–Trinajstić information content (AvgIpc) is 3.38. The lowest BCUT2D eigenvalue weighted by molar-refractivity contribution is 0.0294. The smallest absolute Gasteiger partial charge is 0.209 e. The summed E-state index contributed by atoms with van der Waals surface area (Å²) in [5.41, 5.74) is 1.41. The third kappa shape index (κ3) is 5.18. The van der Waals surface area contributed by atoms with E-state index in [2.05, 4.69) is 35.9 Å². The molecule has 0 saturated carbocycles. The number of halogens is 2. The summed E-state index contributed by atoms with van der Waals surface area (Å²) >= 11 is 9.60. The lowest BCUT2D eigenvalue weighted by Crippen LogP contribution is -2.44. The Morgan fingerprint density at radius 1 is 1.11 bits per heavy atom. The molecule has 1 aromatic heterocycles. The SMILES string of the molecule is COc1cc2c(Nc3ccc(Br)c(Cl)c3)ncnc2cc1O[C@@H]1CO[C@H]2[C@@H]1OC[C@@H]2NS(C)(=O)=O. The van der Waals surface area contributed by atoms with Crippen molar-refractivity contribution in [2.24, 2.45) is 0 Å². The van der Waals surface area contributed by atoms with E-state index in [1.54, 1.807) is 25.3 Å². The zero-order valence-corrected chi connectivity index (χ0v) is 21.9. The molecule has 13 heteroatoms. The summed E-state index contributed by atoms with van der Waals surface area (Å²) in [6, 6.07) is 8.61. The third-order valence-corrected chi connectivity index (χ3v) is 7.72. The van der Waals surface area contributed by atoms with Crippen LogP contribution in [0.1, 0.15) is 0 Å². The second-order valence-electron chi connectivity index (χ2n) is 8.25. The molecule has 5 rings (SSSR count). The van der Waals surface area contributed by atoms with Crippen LogP contribution in [0.2, 0.25) is 5.02 Å². The first-order chi connectivity index (χ1) is 16.7. The molecule has 0 radical (unpaired) electrons. The number of rotatable bonds is 7. The third-order valence-electron chi connectivity index (χ3n) is 5.75. The highest BCUT2D eigenvalue weighted by Gasteiger charge is 2.49. The molecule has 10 nitrogen and oxygen atoms in total. The molecule has 3 heterocycles. The Labute approximate surface area is 215 Å². The summed E-state index contributed by atoms with van der Waals surface area (Å²) < 4.78 is 50.1. The highest BCUT2D eigenvalue weighted by Crippen LogP contribution is 2.38. The Morgan fingerprint density at radius 3 is 2.66 bits per heavy atom. The van der Waals surface area contributed by atoms with Gasteiger partial charge in [0.1, 0.15) is 24.4 Å². The molecule has 0 amide bonds. The van der Waals surface area contributed by atoms with Gasteiger partial charge in [0, 0.05) is 21.6 Å². The van der Waals surface area contributed by atoms with Crippen LogP contribution in [0.3, 0.4) is 0 Å². The number of ether oxygens (including phenoxy) is 4. The number of nitrogens with zero attached hydrogens (tertiary/aromatic N) is 2. The second-order valence-corrected chi connectivity index (χ2v) is 11.3. The minimum Gasteiger partial charge on any atom is -0.493 e. The van der Waals surface area contributed by atoms with E-state index in [1.807, 2.05) is 12.1 Å². The lowest BCUT2D eigenvalue weighted by Gasteiger charge is -2.20. The van der Waals surface area contributed by atoms with Crippen LogP contribution >= 0.6 is 27.5 Å². The monoisotopic (exact) mass is 584 g/mol. The normalized spacial score (nSPS) is 23.9. The Kier molecular flexibility index (Phi) is 6.77. The predicted octanol–water partition coefficient (Wildman–Crippen LogP) is 3.26. The second kappa shape index (κ2) is 9.68. The van der Waals surface area contributed by atoms with E-state index in [1.165, 1.54) is 6.33 Å². The van der Waals surface area contributed by atoms with Gasteiger partial charge in [-0.2, -0.15) is 0 Å². The van der Waals surface area contributed by atoms with Crippen LogP contribution in [0.5, 0.6) is 11.5 Å². The summed E-state index contributed by atoms with van der Waals surface area (Å²) in [6.45, 7) is 0.457. The first kappa shape index (κ1) is 24.5. The largest absolute Gasteiger partial charge is 0.493 e. The molecule has 2 N–H and O–H groups in total. The molecular formula is C22H22BrClN4O6S. The molecule has 2 aromatic carbocycles. The number of hydrogen-bond donors (Lipinski definition) is 2. The Morgan fingerprint density at radius 2 is 1.91 bits per heavy atom. The molecule has 35 heavy (non-hydrogen) atoms. The van der Waals surface area contributed by atoms with Crippen LogP contribution < -0.4 is 19.5 Å². The van der Waals surface area contributed by atoms with Crippen molar-refractivity contribution in [1.82, 2.24) is 14.7 Å². The van der Waals surface area contributed by atoms with Gasteiger partial charge >= 0.3 is 0 Å². The number of fused-ring (bicyclic) bond motifs is 2. The van der Waals surface area contributed by atoms with Gasteiger partial charge in [-0.15, -0.1) is 0 Å². The van der Waals surface area contributed by atoms with Gasteiger partial charge < -0.3 is 24.3 Å². The fourth-order valence-electron chi connectivity index (χ4n) is 4.23. The first-order valence-corrected chi connectivity index (χ1v) is 13.7. The summed E-state index contributed by atoms with van der Waals surface area (Å²) in [7, 11) is -1.84. The van der Waals surface area contributed by atoms with E-state index in [4.69, 9.17) is 30.5 Å². The number of sulfonamides is 1. The van der Waals surface area contributed by atoms with Gasteiger partial charge in [0.05, 0.1) is 43.2 Å². The van der Waals surface area contributed by atoms with Crippen LogP contribution in [0.25, 0.3) is 10.9 Å². The van der Waals surface area contributed by atoms with Crippen LogP contribution in [0, 0.1) is 0 Å². The molecule has 0 aliphatic carbocycles. The lowest BCUT2D eigenvalue weighted by atomic mass is 10.1. The molecule has 0 unspecified atom stereocenters. The minimum absolute atomic E-state index is 0.208. The van der Waals surface area contributed by atoms with Crippen LogP contribution in [0.4, 0.5) is 11.5 Å². The maximum atomic E-state index is 11.6. The van der Waals surface area contributed by atoms with Crippen molar-refractivity contribution in [3.8, 4) is 11.5 Å². The molecule has 2 aliphatic rings. The van der Waals surface area contributed by atoms with Gasteiger partial charge in [-0.1, -0.05) is 11.6 Å². The van der Waals surface area contributed by atoms with Crippen molar-refractivity contribution in [3.05, 3.63) is 46.2 Å². The van der Waals surface area contributed by atoms with E-state index in [0.29, 0.717) is 27.9 Å². The fourth-order valence-corrected chi connectivity index (χ4v) is 5.41. The summed E-state index contributed by atoms with van der Waals surface area (Å²) in [4.78, 5) is 8.76. The van der Waals surface area contributed by atoms with E-state index >= 15 is 0 Å². The molecule has 0 bridgehead atoms. The van der Waals surface area contributed by atoms with Crippen molar-refractivity contribution in [1.29, 1.82) is 0 Å². The highest BCUT2D eigenvalue weighted by molar-refractivity contribution is 9.10. The Bertz CT molecular complexity index is 1380. The zero-order valence-electron chi connectivity index (χ0n) is 18.7. The maximum Gasteiger partial charge on any atom is 0.209 e. The average molecular weight is 586 g/mol. The van der Waals surface area contributed by atoms with Crippen molar-refractivity contribution < 1.29 is 27.4 Å². The standard InChI is InChI=1S/C22H22BrClN4O6S/c1-31-17-6-12-15(25-10-26-22(12)27-11-3-4-13(23)14(24)5-11)7-18(17)34-19-9-33-20-16(8-32-21(19)20)28-35(2,29)30/h3-7,10,16,19-21,28H,8-9H2,1-2H3,(H,25,26,27)/t16-,19+,20+,21+/m0/s1. The van der Waals surface area contributed by atoms with E-state index in [9.17, 15) is 8.42 Å². The topological polar surface area (TPSA) is 121 Å². The van der Waals surface area contributed by atoms with Crippen LogP contribution in [-0.4, -0.2) is 69.3 Å². The maximum absolute atomic E-state index is 11.6. The Hall–Kier alpha value is -2.22. The van der Waals surface area contributed by atoms with Gasteiger partial charge in [-0.05, 0) is 40.2 Å². The quantitative estimate of drug-likeness (QED) is 0.430. The van der Waals surface area contributed by atoms with E-state index < -0.39 is 34.4 Å². The Balaban J connectivity index is 1.39. The summed E-state index contributed by atoms with van der Waals surface area (Å²) in [5, 5.41) is 4.56. The highest BCUT2D eigenvalue weighted by atomic mass is 79.9. The zero-order chi connectivity index (χ0) is 24.7. The molecule has 4 atom stereocenters.